The molecule has 2 unspecified atom stereocenters. The zero-order valence-electron chi connectivity index (χ0n) is 11.1. The highest BCUT2D eigenvalue weighted by atomic mass is 15.2. The van der Waals surface area contributed by atoms with Crippen LogP contribution in [0.3, 0.4) is 0 Å². The molecule has 1 saturated heterocycles. The summed E-state index contributed by atoms with van der Waals surface area (Å²) >= 11 is 0. The van der Waals surface area contributed by atoms with Gasteiger partial charge in [-0.05, 0) is 44.7 Å². The third-order valence-electron chi connectivity index (χ3n) is 4.15. The third-order valence-corrected chi connectivity index (χ3v) is 4.15. The molecule has 2 N–H and O–H groups in total. The van der Waals surface area contributed by atoms with E-state index >= 15 is 0 Å². The lowest BCUT2D eigenvalue weighted by Crippen LogP contribution is -2.61. The predicted molar refractivity (Wildman–Crippen MR) is 66.9 cm³/mol. The number of hydrogen-bond donors (Lipinski definition) is 1. The Kier molecular flexibility index (Phi) is 3.83. The smallest absolute Gasteiger partial charge is 0.0334 e. The number of likely N-dealkylation sites (tertiary alicyclic amines) is 1. The molecule has 2 atom stereocenters. The van der Waals surface area contributed by atoms with Crippen LogP contribution in [0, 0.1) is 5.41 Å². The first-order chi connectivity index (χ1) is 6.82. The van der Waals surface area contributed by atoms with Crippen LogP contribution in [-0.2, 0) is 0 Å². The largest absolute Gasteiger partial charge is 0.326 e. The molecule has 0 aliphatic carbocycles. The normalized spacial score (nSPS) is 25.2. The van der Waals surface area contributed by atoms with Gasteiger partial charge < -0.3 is 5.73 Å². The minimum absolute atomic E-state index is 0.175. The molecule has 1 rings (SSSR count). The van der Waals surface area contributed by atoms with Crippen LogP contribution in [0.1, 0.15) is 53.9 Å². The molecule has 90 valence electrons. The number of nitrogens with two attached hydrogens (primary N) is 1. The third kappa shape index (κ3) is 2.54. The van der Waals surface area contributed by atoms with Gasteiger partial charge in [0.15, 0.2) is 0 Å². The van der Waals surface area contributed by atoms with E-state index < -0.39 is 0 Å². The molecule has 1 fully saturated rings. The molecule has 2 heteroatoms. The quantitative estimate of drug-likeness (QED) is 0.779. The van der Waals surface area contributed by atoms with Crippen LogP contribution in [-0.4, -0.2) is 29.6 Å². The number of nitrogens with zero attached hydrogens (tertiary/aromatic N) is 1. The Labute approximate surface area is 95.2 Å². The van der Waals surface area contributed by atoms with Crippen molar-refractivity contribution in [2.24, 2.45) is 11.1 Å². The average Bonchev–Trinajstić information content (AvgIpc) is 2.67. The Morgan fingerprint density at radius 3 is 1.93 bits per heavy atom. The highest BCUT2D eigenvalue weighted by molar-refractivity contribution is 5.01. The molecule has 0 amide bonds. The molecule has 0 aromatic heterocycles. The fraction of sp³-hybridized carbons (Fsp3) is 1.00. The van der Waals surface area contributed by atoms with Gasteiger partial charge in [-0.2, -0.15) is 0 Å². The molecule has 1 heterocycles. The van der Waals surface area contributed by atoms with E-state index in [2.05, 4.69) is 39.5 Å². The molecule has 0 aromatic rings. The first-order valence-electron chi connectivity index (χ1n) is 6.33. The van der Waals surface area contributed by atoms with E-state index in [1.807, 2.05) is 0 Å². The van der Waals surface area contributed by atoms with Gasteiger partial charge in [0.2, 0.25) is 0 Å². The molecular formula is C13H28N2. The fourth-order valence-electron chi connectivity index (χ4n) is 2.80. The van der Waals surface area contributed by atoms with E-state index in [4.69, 9.17) is 5.73 Å². The SMILES string of the molecule is CCC(C)(C(N)C(C)(C)C)N1CCCC1. The van der Waals surface area contributed by atoms with Crippen molar-refractivity contribution in [1.82, 2.24) is 4.90 Å². The Morgan fingerprint density at radius 1 is 1.13 bits per heavy atom. The minimum atomic E-state index is 0.175. The Bertz CT molecular complexity index is 201. The summed E-state index contributed by atoms with van der Waals surface area (Å²) in [5.74, 6) is 0. The fourth-order valence-corrected chi connectivity index (χ4v) is 2.80. The minimum Gasteiger partial charge on any atom is -0.326 e. The zero-order valence-corrected chi connectivity index (χ0v) is 11.1. The van der Waals surface area contributed by atoms with Crippen LogP contribution < -0.4 is 5.73 Å². The maximum absolute atomic E-state index is 6.48. The maximum Gasteiger partial charge on any atom is 0.0334 e. The molecule has 0 aromatic carbocycles. The Morgan fingerprint density at radius 2 is 1.60 bits per heavy atom. The maximum atomic E-state index is 6.48. The van der Waals surface area contributed by atoms with Gasteiger partial charge >= 0.3 is 0 Å². The molecule has 0 radical (unpaired) electrons. The molecule has 1 aliphatic rings. The standard InChI is InChI=1S/C13H28N2/c1-6-13(5,11(14)12(2,3)4)15-9-7-8-10-15/h11H,6-10,14H2,1-5H3. The number of rotatable bonds is 3. The Hall–Kier alpha value is -0.0800. The van der Waals surface area contributed by atoms with Crippen LogP contribution in [0.4, 0.5) is 0 Å². The van der Waals surface area contributed by atoms with Crippen molar-refractivity contribution < 1.29 is 0 Å². The lowest BCUT2D eigenvalue weighted by Gasteiger charge is -2.48. The summed E-state index contributed by atoms with van der Waals surface area (Å²) in [6.45, 7) is 13.8. The van der Waals surface area contributed by atoms with Crippen molar-refractivity contribution in [1.29, 1.82) is 0 Å². The molecule has 15 heavy (non-hydrogen) atoms. The van der Waals surface area contributed by atoms with Crippen LogP contribution in [0.5, 0.6) is 0 Å². The molecule has 0 bridgehead atoms. The second kappa shape index (κ2) is 4.42. The second-order valence-corrected chi connectivity index (χ2v) is 6.25. The van der Waals surface area contributed by atoms with Gasteiger partial charge in [0.05, 0.1) is 0 Å². The first kappa shape index (κ1) is 13.0. The van der Waals surface area contributed by atoms with Gasteiger partial charge in [-0.25, -0.2) is 0 Å². The molecule has 0 spiro atoms. The summed E-state index contributed by atoms with van der Waals surface area (Å²) in [7, 11) is 0. The lowest BCUT2D eigenvalue weighted by atomic mass is 9.73. The van der Waals surface area contributed by atoms with Gasteiger partial charge in [-0.3, -0.25) is 4.90 Å². The topological polar surface area (TPSA) is 29.3 Å². The number of hydrogen-bond acceptors (Lipinski definition) is 2. The summed E-state index contributed by atoms with van der Waals surface area (Å²) in [6, 6.07) is 0.244. The van der Waals surface area contributed by atoms with Crippen molar-refractivity contribution >= 4 is 0 Å². The average molecular weight is 212 g/mol. The van der Waals surface area contributed by atoms with E-state index in [0.29, 0.717) is 0 Å². The summed E-state index contributed by atoms with van der Waals surface area (Å²) in [4.78, 5) is 2.60. The van der Waals surface area contributed by atoms with Gasteiger partial charge in [0, 0.05) is 11.6 Å². The highest BCUT2D eigenvalue weighted by Crippen LogP contribution is 2.34. The van der Waals surface area contributed by atoms with Crippen molar-refractivity contribution in [3.8, 4) is 0 Å². The van der Waals surface area contributed by atoms with Crippen LogP contribution in [0.2, 0.25) is 0 Å². The first-order valence-corrected chi connectivity index (χ1v) is 6.33. The van der Waals surface area contributed by atoms with Crippen molar-refractivity contribution in [2.45, 2.75) is 65.5 Å². The van der Waals surface area contributed by atoms with Gasteiger partial charge in [-0.15, -0.1) is 0 Å². The summed E-state index contributed by atoms with van der Waals surface area (Å²) in [6.07, 6.45) is 3.82. The zero-order chi connectivity index (χ0) is 11.7. The van der Waals surface area contributed by atoms with Crippen molar-refractivity contribution in [2.75, 3.05) is 13.1 Å². The summed E-state index contributed by atoms with van der Waals surface area (Å²) in [5.41, 5.74) is 6.84. The van der Waals surface area contributed by atoms with Crippen LogP contribution in [0.15, 0.2) is 0 Å². The Balaban J connectivity index is 2.83. The van der Waals surface area contributed by atoms with Gasteiger partial charge in [0.1, 0.15) is 0 Å². The predicted octanol–water partition coefficient (Wildman–Crippen LogP) is 2.62. The van der Waals surface area contributed by atoms with Crippen LogP contribution in [0.25, 0.3) is 0 Å². The van der Waals surface area contributed by atoms with E-state index in [-0.39, 0.29) is 17.0 Å². The van der Waals surface area contributed by atoms with Gasteiger partial charge in [0.25, 0.3) is 0 Å². The highest BCUT2D eigenvalue weighted by Gasteiger charge is 2.42. The van der Waals surface area contributed by atoms with E-state index in [1.54, 1.807) is 0 Å². The lowest BCUT2D eigenvalue weighted by molar-refractivity contribution is 0.0542. The second-order valence-electron chi connectivity index (χ2n) is 6.25. The van der Waals surface area contributed by atoms with Gasteiger partial charge in [-0.1, -0.05) is 27.7 Å². The molecule has 0 saturated carbocycles. The summed E-state index contributed by atoms with van der Waals surface area (Å²) in [5, 5.41) is 0. The monoisotopic (exact) mass is 212 g/mol. The van der Waals surface area contributed by atoms with E-state index in [9.17, 15) is 0 Å². The van der Waals surface area contributed by atoms with E-state index in [1.165, 1.54) is 25.9 Å². The van der Waals surface area contributed by atoms with Crippen LogP contribution >= 0.6 is 0 Å². The van der Waals surface area contributed by atoms with Crippen molar-refractivity contribution in [3.05, 3.63) is 0 Å². The molecule has 1 aliphatic heterocycles. The summed E-state index contributed by atoms with van der Waals surface area (Å²) < 4.78 is 0. The molecular weight excluding hydrogens is 184 g/mol. The van der Waals surface area contributed by atoms with Crippen molar-refractivity contribution in [3.63, 3.8) is 0 Å². The van der Waals surface area contributed by atoms with E-state index in [0.717, 1.165) is 6.42 Å². The molecule has 2 nitrogen and oxygen atoms in total.